The molecule has 1 aliphatic rings. The van der Waals surface area contributed by atoms with E-state index >= 15 is 0 Å². The maximum Gasteiger partial charge on any atom is 0.334 e. The molecule has 1 aromatic rings. The number of carbonyl (C=O) groups is 1. The highest BCUT2D eigenvalue weighted by molar-refractivity contribution is 5.73. The van der Waals surface area contributed by atoms with Gasteiger partial charge < -0.3 is 20.1 Å². The van der Waals surface area contributed by atoms with Crippen LogP contribution in [0.25, 0.3) is 0 Å². The van der Waals surface area contributed by atoms with Crippen LogP contribution >= 0.6 is 0 Å². The Morgan fingerprint density at radius 1 is 1.72 bits per heavy atom. The fourth-order valence-electron chi connectivity index (χ4n) is 1.59. The van der Waals surface area contributed by atoms with E-state index < -0.39 is 12.1 Å². The Morgan fingerprint density at radius 2 is 2.44 bits per heavy atom. The minimum absolute atomic E-state index is 0.0619. The van der Waals surface area contributed by atoms with Crippen molar-refractivity contribution in [1.29, 1.82) is 0 Å². The molecule has 7 heteroatoms. The fraction of sp³-hybridized carbons (Fsp3) is 0.545. The minimum atomic E-state index is -1.06. The van der Waals surface area contributed by atoms with Gasteiger partial charge >= 0.3 is 5.97 Å². The van der Waals surface area contributed by atoms with Crippen molar-refractivity contribution in [3.63, 3.8) is 0 Å². The normalized spacial score (nSPS) is 16.3. The quantitative estimate of drug-likeness (QED) is 0.667. The summed E-state index contributed by atoms with van der Waals surface area (Å²) in [7, 11) is 1.32. The van der Waals surface area contributed by atoms with E-state index in [1.807, 2.05) is 0 Å². The first-order valence-electron chi connectivity index (χ1n) is 5.71. The van der Waals surface area contributed by atoms with Crippen molar-refractivity contribution in [2.24, 2.45) is 0 Å². The number of aliphatic carboxylic acids is 1. The Kier molecular flexibility index (Phi) is 3.61. The molecule has 1 fully saturated rings. The standard InChI is InChI=1S/C11H15N3O4/c1-18-7(11(16)17)5-12-8-4-9(15)14-10(13-8)6-2-3-6/h4,6-7H,2-3,5H2,1H3,(H,16,17)(H2,12,13,14,15). The molecule has 0 amide bonds. The van der Waals surface area contributed by atoms with Crippen molar-refractivity contribution >= 4 is 11.8 Å². The van der Waals surface area contributed by atoms with Crippen LogP contribution in [0.2, 0.25) is 0 Å². The summed E-state index contributed by atoms with van der Waals surface area (Å²) < 4.78 is 4.78. The van der Waals surface area contributed by atoms with Gasteiger partial charge in [-0.25, -0.2) is 9.78 Å². The number of aromatic amines is 1. The number of hydrogen-bond acceptors (Lipinski definition) is 5. The molecule has 0 radical (unpaired) electrons. The van der Waals surface area contributed by atoms with Crippen LogP contribution in [0.4, 0.5) is 5.82 Å². The number of rotatable bonds is 6. The van der Waals surface area contributed by atoms with Crippen LogP contribution in [0.15, 0.2) is 10.9 Å². The summed E-state index contributed by atoms with van der Waals surface area (Å²) in [5.41, 5.74) is -0.237. The van der Waals surface area contributed by atoms with Gasteiger partial charge in [-0.2, -0.15) is 0 Å². The lowest BCUT2D eigenvalue weighted by Gasteiger charge is -2.12. The molecule has 0 aromatic carbocycles. The monoisotopic (exact) mass is 253 g/mol. The summed E-state index contributed by atoms with van der Waals surface area (Å²) in [4.78, 5) is 29.1. The van der Waals surface area contributed by atoms with Crippen molar-refractivity contribution in [2.75, 3.05) is 19.0 Å². The van der Waals surface area contributed by atoms with E-state index in [0.717, 1.165) is 12.8 Å². The summed E-state index contributed by atoms with van der Waals surface area (Å²) >= 11 is 0. The van der Waals surface area contributed by atoms with Crippen molar-refractivity contribution in [1.82, 2.24) is 9.97 Å². The zero-order chi connectivity index (χ0) is 13.1. The number of methoxy groups -OCH3 is 1. The number of aromatic nitrogens is 2. The van der Waals surface area contributed by atoms with Gasteiger partial charge in [-0.3, -0.25) is 4.79 Å². The molecule has 98 valence electrons. The molecule has 0 aliphatic heterocycles. The molecular weight excluding hydrogens is 238 g/mol. The SMILES string of the molecule is COC(CNc1cc(=O)[nH]c(C2CC2)n1)C(=O)O. The third kappa shape index (κ3) is 3.07. The maximum absolute atomic E-state index is 11.4. The van der Waals surface area contributed by atoms with Crippen molar-refractivity contribution in [2.45, 2.75) is 24.9 Å². The number of nitrogens with one attached hydrogen (secondary N) is 2. The largest absolute Gasteiger partial charge is 0.479 e. The van der Waals surface area contributed by atoms with Gasteiger partial charge in [0.1, 0.15) is 11.6 Å². The van der Waals surface area contributed by atoms with Crippen LogP contribution in [0.5, 0.6) is 0 Å². The highest BCUT2D eigenvalue weighted by Crippen LogP contribution is 2.37. The average molecular weight is 253 g/mol. The first-order valence-corrected chi connectivity index (χ1v) is 5.71. The van der Waals surface area contributed by atoms with Crippen LogP contribution in [0.3, 0.4) is 0 Å². The molecule has 1 unspecified atom stereocenters. The maximum atomic E-state index is 11.4. The van der Waals surface area contributed by atoms with E-state index in [-0.39, 0.29) is 12.1 Å². The van der Waals surface area contributed by atoms with Gasteiger partial charge in [0.15, 0.2) is 6.10 Å². The second kappa shape index (κ2) is 5.18. The summed E-state index contributed by atoms with van der Waals surface area (Å²) in [6, 6.07) is 1.31. The fourth-order valence-corrected chi connectivity index (χ4v) is 1.59. The molecule has 18 heavy (non-hydrogen) atoms. The predicted octanol–water partition coefficient (Wildman–Crippen LogP) is 0.159. The first kappa shape index (κ1) is 12.6. The Bertz CT molecular complexity index is 495. The van der Waals surface area contributed by atoms with Gasteiger partial charge in [0.05, 0.1) is 6.54 Å². The molecule has 1 aliphatic carbocycles. The summed E-state index contributed by atoms with van der Waals surface area (Å²) in [6.45, 7) is 0.0619. The molecule has 2 rings (SSSR count). The second-order valence-electron chi connectivity index (χ2n) is 4.23. The lowest BCUT2D eigenvalue weighted by molar-refractivity contribution is -0.147. The number of nitrogens with zero attached hydrogens (tertiary/aromatic N) is 1. The highest BCUT2D eigenvalue weighted by atomic mass is 16.5. The topological polar surface area (TPSA) is 104 Å². The Morgan fingerprint density at radius 3 is 3.00 bits per heavy atom. The number of carboxylic acid groups (broad SMARTS) is 1. The van der Waals surface area contributed by atoms with E-state index in [2.05, 4.69) is 15.3 Å². The Hall–Kier alpha value is -1.89. The van der Waals surface area contributed by atoms with Gasteiger partial charge in [-0.15, -0.1) is 0 Å². The predicted molar refractivity (Wildman–Crippen MR) is 63.8 cm³/mol. The third-order valence-electron chi connectivity index (χ3n) is 2.75. The van der Waals surface area contributed by atoms with Gasteiger partial charge in [-0.1, -0.05) is 0 Å². The molecule has 1 saturated carbocycles. The van der Waals surface area contributed by atoms with Crippen LogP contribution in [0.1, 0.15) is 24.6 Å². The minimum Gasteiger partial charge on any atom is -0.479 e. The van der Waals surface area contributed by atoms with Crippen LogP contribution in [0, 0.1) is 0 Å². The molecule has 7 nitrogen and oxygen atoms in total. The van der Waals surface area contributed by atoms with Crippen molar-refractivity contribution in [3.8, 4) is 0 Å². The molecular formula is C11H15N3O4. The van der Waals surface area contributed by atoms with Crippen LogP contribution < -0.4 is 10.9 Å². The van der Waals surface area contributed by atoms with E-state index in [0.29, 0.717) is 17.6 Å². The number of carboxylic acids is 1. The lowest BCUT2D eigenvalue weighted by Crippen LogP contribution is -2.31. The van der Waals surface area contributed by atoms with E-state index in [9.17, 15) is 9.59 Å². The van der Waals surface area contributed by atoms with E-state index in [1.54, 1.807) is 0 Å². The number of ether oxygens (including phenoxy) is 1. The van der Waals surface area contributed by atoms with E-state index in [4.69, 9.17) is 9.84 Å². The molecule has 1 atom stereocenters. The van der Waals surface area contributed by atoms with Crippen molar-refractivity contribution < 1.29 is 14.6 Å². The number of anilines is 1. The number of H-pyrrole nitrogens is 1. The molecule has 1 heterocycles. The molecule has 0 spiro atoms. The zero-order valence-corrected chi connectivity index (χ0v) is 9.97. The van der Waals surface area contributed by atoms with Gasteiger partial charge in [0.2, 0.25) is 0 Å². The molecule has 3 N–H and O–H groups in total. The number of hydrogen-bond donors (Lipinski definition) is 3. The molecule has 0 saturated heterocycles. The highest BCUT2D eigenvalue weighted by Gasteiger charge is 2.26. The van der Waals surface area contributed by atoms with Gasteiger partial charge in [-0.05, 0) is 12.8 Å². The lowest BCUT2D eigenvalue weighted by atomic mass is 10.3. The third-order valence-corrected chi connectivity index (χ3v) is 2.75. The Labute approximate surface area is 103 Å². The van der Waals surface area contributed by atoms with Crippen LogP contribution in [-0.2, 0) is 9.53 Å². The zero-order valence-electron chi connectivity index (χ0n) is 9.97. The molecule has 1 aromatic heterocycles. The van der Waals surface area contributed by atoms with Crippen LogP contribution in [-0.4, -0.2) is 40.8 Å². The second-order valence-corrected chi connectivity index (χ2v) is 4.23. The summed E-state index contributed by atoms with van der Waals surface area (Å²) in [5.74, 6) is 0.313. The van der Waals surface area contributed by atoms with Gasteiger partial charge in [0.25, 0.3) is 5.56 Å². The smallest absolute Gasteiger partial charge is 0.334 e. The summed E-state index contributed by atoms with van der Waals surface area (Å²) in [5, 5.41) is 11.6. The molecule has 0 bridgehead atoms. The Balaban J connectivity index is 2.04. The average Bonchev–Trinajstić information content (AvgIpc) is 3.12. The van der Waals surface area contributed by atoms with Crippen molar-refractivity contribution in [3.05, 3.63) is 22.2 Å². The summed E-state index contributed by atoms with van der Waals surface area (Å²) in [6.07, 6.45) is 1.10. The van der Waals surface area contributed by atoms with Gasteiger partial charge in [0, 0.05) is 19.1 Å². The van der Waals surface area contributed by atoms with E-state index in [1.165, 1.54) is 13.2 Å². The first-order chi connectivity index (χ1) is 8.60.